The summed E-state index contributed by atoms with van der Waals surface area (Å²) in [5.41, 5.74) is 0. The standard InChI is InChI=1S/C9H9NOS/c1-7(6-10)5-8(11)9-3-2-4-12-9/h2-4,7H,5H2,1H3. The second-order valence-electron chi connectivity index (χ2n) is 2.63. The van der Waals surface area contributed by atoms with Crippen LogP contribution in [-0.4, -0.2) is 5.78 Å². The molecule has 0 saturated carbocycles. The average molecular weight is 179 g/mol. The molecule has 12 heavy (non-hydrogen) atoms. The molecule has 1 heterocycles. The molecule has 0 aromatic carbocycles. The number of nitriles is 1. The monoisotopic (exact) mass is 179 g/mol. The molecule has 0 radical (unpaired) electrons. The van der Waals surface area contributed by atoms with Crippen molar-refractivity contribution in [3.8, 4) is 6.07 Å². The fourth-order valence-corrected chi connectivity index (χ4v) is 1.54. The maximum Gasteiger partial charge on any atom is 0.174 e. The van der Waals surface area contributed by atoms with E-state index < -0.39 is 0 Å². The van der Waals surface area contributed by atoms with Crippen molar-refractivity contribution in [1.29, 1.82) is 5.26 Å². The average Bonchev–Trinajstić information content (AvgIpc) is 2.56. The quantitative estimate of drug-likeness (QED) is 0.669. The van der Waals surface area contributed by atoms with Crippen molar-refractivity contribution in [2.75, 3.05) is 0 Å². The minimum atomic E-state index is -0.181. The second kappa shape index (κ2) is 4.03. The molecule has 0 bridgehead atoms. The van der Waals surface area contributed by atoms with Gasteiger partial charge in [-0.15, -0.1) is 11.3 Å². The van der Waals surface area contributed by atoms with E-state index in [1.165, 1.54) is 11.3 Å². The van der Waals surface area contributed by atoms with Crippen LogP contribution in [0.2, 0.25) is 0 Å². The van der Waals surface area contributed by atoms with Crippen LogP contribution in [0.4, 0.5) is 0 Å². The summed E-state index contributed by atoms with van der Waals surface area (Å²) in [6.07, 6.45) is 0.330. The van der Waals surface area contributed by atoms with Crippen LogP contribution in [0.25, 0.3) is 0 Å². The van der Waals surface area contributed by atoms with Crippen molar-refractivity contribution in [2.45, 2.75) is 13.3 Å². The third kappa shape index (κ3) is 2.18. The van der Waals surface area contributed by atoms with Crippen LogP contribution >= 0.6 is 11.3 Å². The minimum Gasteiger partial charge on any atom is -0.293 e. The van der Waals surface area contributed by atoms with Gasteiger partial charge in [0.15, 0.2) is 5.78 Å². The molecular formula is C9H9NOS. The Balaban J connectivity index is 2.57. The van der Waals surface area contributed by atoms with E-state index in [1.807, 2.05) is 17.5 Å². The number of hydrogen-bond donors (Lipinski definition) is 0. The summed E-state index contributed by atoms with van der Waals surface area (Å²) in [5, 5.41) is 10.3. The highest BCUT2D eigenvalue weighted by atomic mass is 32.1. The molecule has 1 rings (SSSR count). The van der Waals surface area contributed by atoms with Gasteiger partial charge in [-0.25, -0.2) is 0 Å². The molecule has 0 aliphatic rings. The summed E-state index contributed by atoms with van der Waals surface area (Å²) < 4.78 is 0. The van der Waals surface area contributed by atoms with Crippen LogP contribution in [0, 0.1) is 17.2 Å². The van der Waals surface area contributed by atoms with Gasteiger partial charge in [0, 0.05) is 6.42 Å². The molecule has 0 spiro atoms. The number of rotatable bonds is 3. The minimum absolute atomic E-state index is 0.0686. The zero-order valence-electron chi connectivity index (χ0n) is 6.78. The van der Waals surface area contributed by atoms with Gasteiger partial charge in [-0.2, -0.15) is 5.26 Å². The van der Waals surface area contributed by atoms with Crippen molar-refractivity contribution in [2.24, 2.45) is 5.92 Å². The van der Waals surface area contributed by atoms with Crippen LogP contribution in [0.1, 0.15) is 23.0 Å². The summed E-state index contributed by atoms with van der Waals surface area (Å²) in [5.74, 6) is -0.112. The van der Waals surface area contributed by atoms with Gasteiger partial charge >= 0.3 is 0 Å². The van der Waals surface area contributed by atoms with E-state index in [0.717, 1.165) is 4.88 Å². The lowest BCUT2D eigenvalue weighted by Crippen LogP contribution is -2.02. The van der Waals surface area contributed by atoms with E-state index in [1.54, 1.807) is 13.0 Å². The molecule has 0 N–H and O–H groups in total. The molecule has 2 nitrogen and oxygen atoms in total. The summed E-state index contributed by atoms with van der Waals surface area (Å²) in [6.45, 7) is 1.76. The van der Waals surface area contributed by atoms with Crippen molar-refractivity contribution < 1.29 is 4.79 Å². The van der Waals surface area contributed by atoms with Gasteiger partial charge in [0.05, 0.1) is 16.9 Å². The maximum absolute atomic E-state index is 11.3. The van der Waals surface area contributed by atoms with Crippen molar-refractivity contribution in [1.82, 2.24) is 0 Å². The fraction of sp³-hybridized carbons (Fsp3) is 0.333. The van der Waals surface area contributed by atoms with E-state index in [0.29, 0.717) is 6.42 Å². The van der Waals surface area contributed by atoms with Crippen LogP contribution in [0.3, 0.4) is 0 Å². The molecule has 0 fully saturated rings. The first-order valence-corrected chi connectivity index (χ1v) is 4.58. The Hall–Kier alpha value is -1.14. The number of carbonyl (C=O) groups is 1. The van der Waals surface area contributed by atoms with Gasteiger partial charge in [-0.05, 0) is 18.4 Å². The molecule has 0 aliphatic heterocycles. The van der Waals surface area contributed by atoms with Gasteiger partial charge in [0.2, 0.25) is 0 Å². The smallest absolute Gasteiger partial charge is 0.174 e. The lowest BCUT2D eigenvalue weighted by molar-refractivity contribution is 0.0977. The van der Waals surface area contributed by atoms with E-state index in [2.05, 4.69) is 0 Å². The van der Waals surface area contributed by atoms with Crippen LogP contribution in [0.15, 0.2) is 17.5 Å². The number of Topliss-reactive ketones (excluding diaryl/α,β-unsaturated/α-hetero) is 1. The number of thiophene rings is 1. The Morgan fingerprint density at radius 2 is 2.58 bits per heavy atom. The maximum atomic E-state index is 11.3. The molecule has 1 aromatic rings. The highest BCUT2D eigenvalue weighted by Gasteiger charge is 2.10. The Kier molecular flexibility index (Phi) is 3.01. The first-order valence-electron chi connectivity index (χ1n) is 3.70. The Labute approximate surface area is 75.5 Å². The zero-order chi connectivity index (χ0) is 8.97. The van der Waals surface area contributed by atoms with Gasteiger partial charge < -0.3 is 0 Å². The van der Waals surface area contributed by atoms with Gasteiger partial charge in [-0.1, -0.05) is 6.07 Å². The molecule has 0 amide bonds. The topological polar surface area (TPSA) is 40.9 Å². The Bertz CT molecular complexity index is 297. The first kappa shape index (κ1) is 8.95. The number of nitrogens with zero attached hydrogens (tertiary/aromatic N) is 1. The highest BCUT2D eigenvalue weighted by Crippen LogP contribution is 2.14. The Morgan fingerprint density at radius 3 is 3.08 bits per heavy atom. The number of carbonyl (C=O) groups excluding carboxylic acids is 1. The normalized spacial score (nSPS) is 12.0. The number of hydrogen-bond acceptors (Lipinski definition) is 3. The molecule has 0 saturated heterocycles. The van der Waals surface area contributed by atoms with Crippen LogP contribution < -0.4 is 0 Å². The lowest BCUT2D eigenvalue weighted by atomic mass is 10.1. The molecule has 1 aromatic heterocycles. The summed E-state index contributed by atoms with van der Waals surface area (Å²) in [6, 6.07) is 5.67. The summed E-state index contributed by atoms with van der Waals surface area (Å²) >= 11 is 1.42. The SMILES string of the molecule is CC(C#N)CC(=O)c1cccs1. The third-order valence-electron chi connectivity index (χ3n) is 1.51. The van der Waals surface area contributed by atoms with Gasteiger partial charge in [0.25, 0.3) is 0 Å². The molecule has 1 atom stereocenters. The third-order valence-corrected chi connectivity index (χ3v) is 2.42. The molecule has 3 heteroatoms. The van der Waals surface area contributed by atoms with Crippen LogP contribution in [-0.2, 0) is 0 Å². The van der Waals surface area contributed by atoms with E-state index in [9.17, 15) is 4.79 Å². The molecular weight excluding hydrogens is 170 g/mol. The van der Waals surface area contributed by atoms with E-state index >= 15 is 0 Å². The van der Waals surface area contributed by atoms with Crippen molar-refractivity contribution in [3.05, 3.63) is 22.4 Å². The van der Waals surface area contributed by atoms with E-state index in [4.69, 9.17) is 5.26 Å². The predicted octanol–water partition coefficient (Wildman–Crippen LogP) is 2.48. The first-order chi connectivity index (χ1) is 5.74. The second-order valence-corrected chi connectivity index (χ2v) is 3.58. The summed E-state index contributed by atoms with van der Waals surface area (Å²) in [7, 11) is 0. The Morgan fingerprint density at radius 1 is 1.83 bits per heavy atom. The molecule has 62 valence electrons. The van der Waals surface area contributed by atoms with E-state index in [-0.39, 0.29) is 11.7 Å². The predicted molar refractivity (Wildman–Crippen MR) is 48.0 cm³/mol. The van der Waals surface area contributed by atoms with Crippen molar-refractivity contribution in [3.63, 3.8) is 0 Å². The summed E-state index contributed by atoms with van der Waals surface area (Å²) in [4.78, 5) is 12.1. The van der Waals surface area contributed by atoms with Gasteiger partial charge in [0.1, 0.15) is 0 Å². The highest BCUT2D eigenvalue weighted by molar-refractivity contribution is 7.12. The fourth-order valence-electron chi connectivity index (χ4n) is 0.862. The zero-order valence-corrected chi connectivity index (χ0v) is 7.60. The molecule has 0 aliphatic carbocycles. The largest absolute Gasteiger partial charge is 0.293 e. The number of ketones is 1. The van der Waals surface area contributed by atoms with Gasteiger partial charge in [-0.3, -0.25) is 4.79 Å². The molecule has 1 unspecified atom stereocenters. The van der Waals surface area contributed by atoms with Crippen LogP contribution in [0.5, 0.6) is 0 Å². The lowest BCUT2D eigenvalue weighted by Gasteiger charge is -1.97. The van der Waals surface area contributed by atoms with Crippen molar-refractivity contribution >= 4 is 17.1 Å².